The van der Waals surface area contributed by atoms with E-state index in [0.717, 1.165) is 22.0 Å². The van der Waals surface area contributed by atoms with Gasteiger partial charge in [0, 0.05) is 23.0 Å². The topological polar surface area (TPSA) is 201 Å². The van der Waals surface area contributed by atoms with E-state index in [2.05, 4.69) is 15.6 Å². The van der Waals surface area contributed by atoms with Crippen molar-refractivity contribution in [3.05, 3.63) is 71.9 Å². The third-order valence-electron chi connectivity index (χ3n) is 8.04. The number of aromatic nitrogens is 1. The molecule has 0 saturated heterocycles. The van der Waals surface area contributed by atoms with Gasteiger partial charge in [-0.3, -0.25) is 24.0 Å². The largest absolute Gasteiger partial charge is 0.481 e. The van der Waals surface area contributed by atoms with Crippen molar-refractivity contribution in [2.45, 2.75) is 76.1 Å². The smallest absolute Gasteiger partial charge is 0.424 e. The van der Waals surface area contributed by atoms with Gasteiger partial charge in [0.2, 0.25) is 17.7 Å². The van der Waals surface area contributed by atoms with Gasteiger partial charge < -0.3 is 31.2 Å². The van der Waals surface area contributed by atoms with Crippen LogP contribution in [0.1, 0.15) is 57.1 Å². The minimum absolute atomic E-state index is 0.127. The summed E-state index contributed by atoms with van der Waals surface area (Å²) in [6, 6.07) is 12.6. The zero-order chi connectivity index (χ0) is 35.9. The maximum atomic E-state index is 13.9. The number of carbonyl (C=O) groups is 6. The van der Waals surface area contributed by atoms with Crippen LogP contribution in [0.25, 0.3) is 10.9 Å². The Labute approximate surface area is 288 Å². The highest BCUT2D eigenvalue weighted by Gasteiger charge is 2.50. The van der Waals surface area contributed by atoms with Crippen molar-refractivity contribution in [1.82, 2.24) is 20.5 Å². The molecule has 0 bridgehead atoms. The lowest BCUT2D eigenvalue weighted by molar-refractivity contribution is -0.150. The summed E-state index contributed by atoms with van der Waals surface area (Å²) in [5, 5.41) is 15.6. The maximum Gasteiger partial charge on any atom is 0.424 e. The molecule has 1 heterocycles. The fraction of sp³-hybridized carbons (Fsp3) is 0.429. The van der Waals surface area contributed by atoms with Crippen LogP contribution in [0.3, 0.4) is 0 Å². The van der Waals surface area contributed by atoms with Gasteiger partial charge >= 0.3 is 12.1 Å². The van der Waals surface area contributed by atoms with Crippen LogP contribution in [0.5, 0.6) is 0 Å². The molecule has 14 heteroatoms. The molecule has 0 radical (unpaired) electrons. The second-order valence-electron chi connectivity index (χ2n) is 13.0. The first kappa shape index (κ1) is 37.1. The molecule has 1 aliphatic carbocycles. The van der Waals surface area contributed by atoms with Gasteiger partial charge in [0.05, 0.1) is 12.5 Å². The molecule has 6 N–H and O–H groups in total. The number of imide groups is 3. The van der Waals surface area contributed by atoms with E-state index in [1.54, 1.807) is 33.2 Å². The van der Waals surface area contributed by atoms with Crippen LogP contribution in [-0.2, 0) is 35.1 Å². The number of para-hydroxylation sites is 1. The van der Waals surface area contributed by atoms with Crippen molar-refractivity contribution in [3.63, 3.8) is 0 Å². The molecule has 4 rings (SSSR count). The number of hydrogen-bond acceptors (Lipinski definition) is 9. The van der Waals surface area contributed by atoms with E-state index >= 15 is 0 Å². The average molecular weight is 694 g/mol. The maximum absolute atomic E-state index is 13.9. The molecule has 1 fully saturated rings. The molecule has 13 nitrogen and oxygen atoms in total. The Morgan fingerprint density at radius 1 is 1.00 bits per heavy atom. The first-order valence-electron chi connectivity index (χ1n) is 16.0. The lowest BCUT2D eigenvalue weighted by atomic mass is 10.0. The standard InChI is InChI=1S/C35H43N5O8S/c1-35(2,3)48-34(47)40(32(45)24-17-23(24)20-10-6-5-7-11-20)33(46)28(18-29(41)42)39-31(44)27(14-15-49-4)38-30(43)25(36)16-21-19-37-26-13-9-8-12-22(21)26/h5-13,19,23-25,27-28,37H,14-18,36H2,1-4H3,(H,38,43)(H,39,44)(H,41,42)/t23?,24?,25-,27-,28-/m0/s1. The number of carbonyl (C=O) groups excluding carboxylic acids is 5. The first-order chi connectivity index (χ1) is 23.2. The summed E-state index contributed by atoms with van der Waals surface area (Å²) in [6.07, 6.45) is 2.02. The van der Waals surface area contributed by atoms with Crippen molar-refractivity contribution in [3.8, 4) is 0 Å². The summed E-state index contributed by atoms with van der Waals surface area (Å²) in [4.78, 5) is 83.1. The Kier molecular flexibility index (Phi) is 12.2. The molecule has 1 aromatic heterocycles. The van der Waals surface area contributed by atoms with Gasteiger partial charge in [-0.05, 0) is 75.2 Å². The predicted octanol–water partition coefficient (Wildman–Crippen LogP) is 3.33. The predicted molar refractivity (Wildman–Crippen MR) is 184 cm³/mol. The third-order valence-corrected chi connectivity index (χ3v) is 8.68. The van der Waals surface area contributed by atoms with Gasteiger partial charge in [-0.2, -0.15) is 16.7 Å². The SMILES string of the molecule is CSCC[C@H](NC(=O)[C@@H](N)Cc1c[nH]c2ccccc12)C(=O)N[C@@H](CC(=O)O)C(=O)N(C(=O)OC(C)(C)C)C(=O)C1CC1c1ccccc1. The number of carboxylic acid groups (broad SMARTS) is 1. The van der Waals surface area contributed by atoms with Gasteiger partial charge in [-0.25, -0.2) is 4.79 Å². The average Bonchev–Trinajstić information content (AvgIpc) is 3.76. The van der Waals surface area contributed by atoms with E-state index in [1.807, 2.05) is 54.6 Å². The molecule has 5 atom stereocenters. The molecule has 2 unspecified atom stereocenters. The number of nitrogens with two attached hydrogens (primary N) is 1. The number of rotatable bonds is 14. The molecular formula is C35H43N5O8S. The molecule has 2 aromatic carbocycles. The summed E-state index contributed by atoms with van der Waals surface area (Å²) in [5.41, 5.74) is 7.70. The number of carboxylic acids is 1. The van der Waals surface area contributed by atoms with Crippen molar-refractivity contribution in [2.75, 3.05) is 12.0 Å². The molecule has 262 valence electrons. The number of fused-ring (bicyclic) bond motifs is 1. The third kappa shape index (κ3) is 9.92. The Bertz CT molecular complexity index is 1690. The Morgan fingerprint density at radius 3 is 2.31 bits per heavy atom. The van der Waals surface area contributed by atoms with Gasteiger partial charge in [0.25, 0.3) is 5.91 Å². The Hall–Kier alpha value is -4.69. The number of aliphatic carboxylic acids is 1. The number of H-pyrrole nitrogens is 1. The lowest BCUT2D eigenvalue weighted by Crippen LogP contribution is -2.58. The molecule has 5 amide bonds. The van der Waals surface area contributed by atoms with Crippen molar-refractivity contribution >= 4 is 58.4 Å². The highest BCUT2D eigenvalue weighted by Crippen LogP contribution is 2.48. The van der Waals surface area contributed by atoms with Crippen LogP contribution in [0.2, 0.25) is 0 Å². The molecule has 1 aliphatic rings. The van der Waals surface area contributed by atoms with Gasteiger partial charge in [0.1, 0.15) is 17.7 Å². The van der Waals surface area contributed by atoms with Crippen molar-refractivity contribution in [2.24, 2.45) is 11.7 Å². The molecule has 0 aliphatic heterocycles. The number of aromatic amines is 1. The van der Waals surface area contributed by atoms with Crippen LogP contribution in [0.15, 0.2) is 60.8 Å². The summed E-state index contributed by atoms with van der Waals surface area (Å²) in [6.45, 7) is 4.67. The zero-order valence-corrected chi connectivity index (χ0v) is 28.8. The van der Waals surface area contributed by atoms with Crippen LogP contribution < -0.4 is 16.4 Å². The number of nitrogens with one attached hydrogen (secondary N) is 3. The first-order valence-corrected chi connectivity index (χ1v) is 17.4. The molecular weight excluding hydrogens is 650 g/mol. The van der Waals surface area contributed by atoms with Crippen LogP contribution >= 0.6 is 11.8 Å². The van der Waals surface area contributed by atoms with Crippen molar-refractivity contribution < 1.29 is 38.6 Å². The number of ether oxygens (including phenoxy) is 1. The van der Waals surface area contributed by atoms with E-state index < -0.39 is 71.8 Å². The zero-order valence-electron chi connectivity index (χ0n) is 27.9. The van der Waals surface area contributed by atoms with E-state index in [-0.39, 0.29) is 18.8 Å². The number of hydrogen-bond donors (Lipinski definition) is 5. The second kappa shape index (κ2) is 16.1. The Balaban J connectivity index is 1.53. The monoisotopic (exact) mass is 693 g/mol. The van der Waals surface area contributed by atoms with E-state index in [1.165, 1.54) is 11.8 Å². The van der Waals surface area contributed by atoms with Gasteiger partial charge in [-0.1, -0.05) is 48.5 Å². The van der Waals surface area contributed by atoms with Crippen LogP contribution in [0, 0.1) is 5.92 Å². The Morgan fingerprint density at radius 2 is 1.65 bits per heavy atom. The number of amides is 5. The normalized spacial score (nSPS) is 17.3. The quantitative estimate of drug-likeness (QED) is 0.167. The molecule has 49 heavy (non-hydrogen) atoms. The number of thioether (sulfide) groups is 1. The minimum Gasteiger partial charge on any atom is -0.481 e. The molecule has 3 aromatic rings. The fourth-order valence-corrected chi connectivity index (χ4v) is 5.99. The van der Waals surface area contributed by atoms with Crippen LogP contribution in [0.4, 0.5) is 4.79 Å². The fourth-order valence-electron chi connectivity index (χ4n) is 5.51. The minimum atomic E-state index is -1.83. The van der Waals surface area contributed by atoms with Crippen LogP contribution in [-0.4, -0.2) is 86.4 Å². The number of benzene rings is 2. The summed E-state index contributed by atoms with van der Waals surface area (Å²) in [7, 11) is 0. The summed E-state index contributed by atoms with van der Waals surface area (Å²) >= 11 is 1.41. The highest BCUT2D eigenvalue weighted by atomic mass is 32.2. The van der Waals surface area contributed by atoms with E-state index in [9.17, 15) is 33.9 Å². The van der Waals surface area contributed by atoms with Crippen molar-refractivity contribution in [1.29, 1.82) is 0 Å². The highest BCUT2D eigenvalue weighted by molar-refractivity contribution is 7.98. The molecule has 0 spiro atoms. The summed E-state index contributed by atoms with van der Waals surface area (Å²) in [5.74, 6) is -5.61. The van der Waals surface area contributed by atoms with Gasteiger partial charge in [0.15, 0.2) is 0 Å². The van der Waals surface area contributed by atoms with E-state index in [4.69, 9.17) is 10.5 Å². The second-order valence-corrected chi connectivity index (χ2v) is 14.0. The molecule has 1 saturated carbocycles. The summed E-state index contributed by atoms with van der Waals surface area (Å²) < 4.78 is 5.38. The van der Waals surface area contributed by atoms with E-state index in [0.29, 0.717) is 17.1 Å². The lowest BCUT2D eigenvalue weighted by Gasteiger charge is -2.29. The number of nitrogens with zero attached hydrogens (tertiary/aromatic N) is 1. The van der Waals surface area contributed by atoms with Gasteiger partial charge in [-0.15, -0.1) is 0 Å².